The number of rotatable bonds is 8. The lowest BCUT2D eigenvalue weighted by atomic mass is 10.2. The zero-order valence-electron chi connectivity index (χ0n) is 13.1. The molecule has 0 saturated heterocycles. The molecule has 2 amide bonds. The number of nitrogens with zero attached hydrogens (tertiary/aromatic N) is 1. The number of anilines is 1. The quantitative estimate of drug-likeness (QED) is 0.677. The number of carbonyl (C=O) groups is 2. The van der Waals surface area contributed by atoms with Crippen LogP contribution in [0.5, 0.6) is 0 Å². The van der Waals surface area contributed by atoms with E-state index in [1.165, 1.54) is 0 Å². The number of hydrogen-bond acceptors (Lipinski definition) is 4. The molecule has 0 aliphatic rings. The van der Waals surface area contributed by atoms with Gasteiger partial charge >= 0.3 is 0 Å². The van der Waals surface area contributed by atoms with E-state index >= 15 is 0 Å². The van der Waals surface area contributed by atoms with Crippen LogP contribution in [-0.2, 0) is 14.3 Å². The van der Waals surface area contributed by atoms with Gasteiger partial charge in [-0.15, -0.1) is 0 Å². The lowest BCUT2D eigenvalue weighted by molar-refractivity contribution is -0.123. The summed E-state index contributed by atoms with van der Waals surface area (Å²) in [5.41, 5.74) is 1.74. The molecule has 0 spiro atoms. The van der Waals surface area contributed by atoms with Gasteiger partial charge in [-0.05, 0) is 37.7 Å². The van der Waals surface area contributed by atoms with Crippen LogP contribution in [0.1, 0.15) is 5.56 Å². The van der Waals surface area contributed by atoms with E-state index in [2.05, 4.69) is 26.6 Å². The minimum absolute atomic E-state index is 0.132. The van der Waals surface area contributed by atoms with Crippen LogP contribution < -0.4 is 10.6 Å². The van der Waals surface area contributed by atoms with Gasteiger partial charge in [0.15, 0.2) is 0 Å². The maximum Gasteiger partial charge on any atom is 0.238 e. The summed E-state index contributed by atoms with van der Waals surface area (Å²) < 4.78 is 5.82. The zero-order chi connectivity index (χ0) is 16.5. The Morgan fingerprint density at radius 2 is 1.95 bits per heavy atom. The van der Waals surface area contributed by atoms with Crippen LogP contribution in [0, 0.1) is 6.92 Å². The van der Waals surface area contributed by atoms with Crippen LogP contribution in [0.3, 0.4) is 0 Å². The summed E-state index contributed by atoms with van der Waals surface area (Å²) in [4.78, 5) is 25.3. The van der Waals surface area contributed by atoms with Gasteiger partial charge in [-0.1, -0.05) is 15.9 Å². The third-order valence-corrected chi connectivity index (χ3v) is 3.41. The van der Waals surface area contributed by atoms with Crippen molar-refractivity contribution in [1.82, 2.24) is 10.2 Å². The normalized spacial score (nSPS) is 10.6. The third-order valence-electron chi connectivity index (χ3n) is 2.92. The number of amides is 2. The molecule has 7 heteroatoms. The molecule has 1 aromatic rings. The maximum atomic E-state index is 12.0. The average molecular weight is 372 g/mol. The molecule has 1 aromatic carbocycles. The molecule has 2 N–H and O–H groups in total. The number of halogens is 1. The standard InChI is InChI=1S/C15H22BrN3O3/c1-11-8-12(16)4-5-13(11)18-15(21)10-19(2)9-14(20)17-6-7-22-3/h4-5,8H,6-7,9-10H2,1-3H3,(H,17,20)(H,18,21). The predicted octanol–water partition coefficient (Wildman–Crippen LogP) is 1.39. The van der Waals surface area contributed by atoms with Crippen LogP contribution in [0.4, 0.5) is 5.69 Å². The van der Waals surface area contributed by atoms with Gasteiger partial charge in [-0.25, -0.2) is 0 Å². The fraction of sp³-hybridized carbons (Fsp3) is 0.467. The molecule has 0 atom stereocenters. The van der Waals surface area contributed by atoms with Gasteiger partial charge in [0.05, 0.1) is 19.7 Å². The van der Waals surface area contributed by atoms with E-state index in [9.17, 15) is 9.59 Å². The third kappa shape index (κ3) is 7.02. The minimum Gasteiger partial charge on any atom is -0.383 e. The van der Waals surface area contributed by atoms with Gasteiger partial charge < -0.3 is 15.4 Å². The van der Waals surface area contributed by atoms with Crippen molar-refractivity contribution in [3.63, 3.8) is 0 Å². The highest BCUT2D eigenvalue weighted by molar-refractivity contribution is 9.10. The molecule has 0 saturated carbocycles. The minimum atomic E-state index is -0.155. The second-order valence-corrected chi connectivity index (χ2v) is 5.94. The van der Waals surface area contributed by atoms with Gasteiger partial charge in [0.1, 0.15) is 0 Å². The Hall–Kier alpha value is -1.44. The fourth-order valence-corrected chi connectivity index (χ4v) is 2.33. The first-order valence-corrected chi connectivity index (χ1v) is 7.72. The first-order chi connectivity index (χ1) is 10.4. The van der Waals surface area contributed by atoms with Crippen molar-refractivity contribution in [3.8, 4) is 0 Å². The number of methoxy groups -OCH3 is 1. The summed E-state index contributed by atoms with van der Waals surface area (Å²) in [6.07, 6.45) is 0. The Morgan fingerprint density at radius 1 is 1.27 bits per heavy atom. The number of aryl methyl sites for hydroxylation is 1. The van der Waals surface area contributed by atoms with Gasteiger partial charge in [-0.3, -0.25) is 14.5 Å². The first kappa shape index (κ1) is 18.6. The van der Waals surface area contributed by atoms with E-state index in [0.717, 1.165) is 15.7 Å². The second-order valence-electron chi connectivity index (χ2n) is 5.02. The molecule has 0 bridgehead atoms. The topological polar surface area (TPSA) is 70.7 Å². The molecule has 0 heterocycles. The van der Waals surface area contributed by atoms with Crippen LogP contribution >= 0.6 is 15.9 Å². The molecular formula is C15H22BrN3O3. The van der Waals surface area contributed by atoms with Gasteiger partial charge in [0.2, 0.25) is 11.8 Å². The van der Waals surface area contributed by atoms with Crippen LogP contribution in [0.2, 0.25) is 0 Å². The monoisotopic (exact) mass is 371 g/mol. The van der Waals surface area contributed by atoms with E-state index in [1.54, 1.807) is 19.1 Å². The summed E-state index contributed by atoms with van der Waals surface area (Å²) >= 11 is 3.38. The number of hydrogen-bond donors (Lipinski definition) is 2. The molecule has 6 nitrogen and oxygen atoms in total. The molecule has 122 valence electrons. The summed E-state index contributed by atoms with van der Waals surface area (Å²) in [6.45, 7) is 3.17. The van der Waals surface area contributed by atoms with Gasteiger partial charge in [0, 0.05) is 23.8 Å². The second kappa shape index (κ2) is 9.55. The maximum absolute atomic E-state index is 12.0. The van der Waals surface area contributed by atoms with E-state index in [1.807, 2.05) is 25.1 Å². The van der Waals surface area contributed by atoms with Crippen LogP contribution in [-0.4, -0.2) is 57.1 Å². The van der Waals surface area contributed by atoms with Crippen molar-refractivity contribution >= 4 is 33.4 Å². The highest BCUT2D eigenvalue weighted by atomic mass is 79.9. The van der Waals surface area contributed by atoms with E-state index in [0.29, 0.717) is 13.2 Å². The number of ether oxygens (including phenoxy) is 1. The summed E-state index contributed by atoms with van der Waals surface area (Å²) in [6, 6.07) is 5.65. The first-order valence-electron chi connectivity index (χ1n) is 6.92. The molecule has 0 aliphatic carbocycles. The number of carbonyl (C=O) groups excluding carboxylic acids is 2. The molecule has 0 aliphatic heterocycles. The number of benzene rings is 1. The largest absolute Gasteiger partial charge is 0.383 e. The number of nitrogens with one attached hydrogen (secondary N) is 2. The van der Waals surface area contributed by atoms with Crippen molar-refractivity contribution in [2.75, 3.05) is 45.7 Å². The van der Waals surface area contributed by atoms with E-state index in [4.69, 9.17) is 4.74 Å². The SMILES string of the molecule is COCCNC(=O)CN(C)CC(=O)Nc1ccc(Br)cc1C. The molecule has 1 rings (SSSR count). The number of likely N-dealkylation sites (N-methyl/N-ethyl adjacent to an activating group) is 1. The lowest BCUT2D eigenvalue weighted by Gasteiger charge is -2.16. The Balaban J connectivity index is 2.39. The molecule has 22 heavy (non-hydrogen) atoms. The summed E-state index contributed by atoms with van der Waals surface area (Å²) in [7, 11) is 3.30. The van der Waals surface area contributed by atoms with Crippen molar-refractivity contribution in [2.24, 2.45) is 0 Å². The smallest absolute Gasteiger partial charge is 0.238 e. The average Bonchev–Trinajstić information content (AvgIpc) is 2.42. The summed E-state index contributed by atoms with van der Waals surface area (Å²) in [5.74, 6) is -0.287. The van der Waals surface area contributed by atoms with Crippen molar-refractivity contribution in [1.29, 1.82) is 0 Å². The zero-order valence-corrected chi connectivity index (χ0v) is 14.7. The molecule has 0 aromatic heterocycles. The summed E-state index contributed by atoms with van der Waals surface area (Å²) in [5, 5.41) is 5.55. The Kier molecular flexibility index (Phi) is 8.08. The van der Waals surface area contributed by atoms with Gasteiger partial charge in [0.25, 0.3) is 0 Å². The van der Waals surface area contributed by atoms with Crippen LogP contribution in [0.15, 0.2) is 22.7 Å². The van der Waals surface area contributed by atoms with Gasteiger partial charge in [-0.2, -0.15) is 0 Å². The highest BCUT2D eigenvalue weighted by Crippen LogP contribution is 2.19. The molecule has 0 radical (unpaired) electrons. The van der Waals surface area contributed by atoms with Crippen molar-refractivity contribution in [3.05, 3.63) is 28.2 Å². The lowest BCUT2D eigenvalue weighted by Crippen LogP contribution is -2.39. The molecule has 0 fully saturated rings. The Morgan fingerprint density at radius 3 is 2.59 bits per heavy atom. The highest BCUT2D eigenvalue weighted by Gasteiger charge is 2.11. The van der Waals surface area contributed by atoms with Crippen LogP contribution in [0.25, 0.3) is 0 Å². The van der Waals surface area contributed by atoms with E-state index < -0.39 is 0 Å². The Labute approximate surface area is 139 Å². The predicted molar refractivity (Wildman–Crippen MR) is 89.9 cm³/mol. The van der Waals surface area contributed by atoms with Crippen molar-refractivity contribution in [2.45, 2.75) is 6.92 Å². The van der Waals surface area contributed by atoms with Crippen molar-refractivity contribution < 1.29 is 14.3 Å². The molecular weight excluding hydrogens is 350 g/mol. The fourth-order valence-electron chi connectivity index (χ4n) is 1.85. The Bertz CT molecular complexity index is 523. The van der Waals surface area contributed by atoms with E-state index in [-0.39, 0.29) is 24.9 Å². The molecule has 0 unspecified atom stereocenters.